The fourth-order valence-electron chi connectivity index (χ4n) is 3.66. The van der Waals surface area contributed by atoms with Crippen LogP contribution in [0, 0.1) is 10.1 Å². The number of rotatable bonds is 5. The molecule has 1 aromatic rings. The Bertz CT molecular complexity index is 749. The van der Waals surface area contributed by atoms with E-state index in [4.69, 9.17) is 0 Å². The molecule has 1 heterocycles. The van der Waals surface area contributed by atoms with E-state index in [-0.39, 0.29) is 23.5 Å². The molecule has 1 saturated carbocycles. The van der Waals surface area contributed by atoms with Crippen molar-refractivity contribution in [3.8, 4) is 0 Å². The minimum absolute atomic E-state index is 0.0311. The summed E-state index contributed by atoms with van der Waals surface area (Å²) in [5.41, 5.74) is 0.929. The first-order chi connectivity index (χ1) is 12.5. The van der Waals surface area contributed by atoms with Crippen molar-refractivity contribution in [3.63, 3.8) is 0 Å². The van der Waals surface area contributed by atoms with Gasteiger partial charge >= 0.3 is 0 Å². The molecule has 7 heteroatoms. The molecule has 0 atom stereocenters. The van der Waals surface area contributed by atoms with Gasteiger partial charge in [0.05, 0.1) is 15.4 Å². The van der Waals surface area contributed by atoms with Gasteiger partial charge in [-0.25, -0.2) is 0 Å². The molecule has 0 unspecified atom stereocenters. The molecule has 1 aliphatic carbocycles. The topological polar surface area (TPSA) is 80.5 Å². The van der Waals surface area contributed by atoms with Crippen LogP contribution in [0.5, 0.6) is 0 Å². The summed E-state index contributed by atoms with van der Waals surface area (Å²) in [4.78, 5) is 38.4. The van der Waals surface area contributed by atoms with Crippen molar-refractivity contribution in [2.45, 2.75) is 51.5 Å². The van der Waals surface area contributed by atoms with Crippen molar-refractivity contribution in [3.05, 3.63) is 44.8 Å². The molecule has 1 fully saturated rings. The van der Waals surface area contributed by atoms with Gasteiger partial charge in [0.2, 0.25) is 0 Å². The molecule has 2 aliphatic rings. The third kappa shape index (κ3) is 3.53. The normalized spacial score (nSPS) is 19.2. The Hall–Kier alpha value is -2.15. The van der Waals surface area contributed by atoms with Gasteiger partial charge in [-0.3, -0.25) is 24.6 Å². The predicted molar refractivity (Wildman–Crippen MR) is 101 cm³/mol. The highest BCUT2D eigenvalue weighted by molar-refractivity contribution is 8.04. The molecule has 0 saturated heterocycles. The SMILES string of the molecule is CCSC1=C(c2ccc([N+](=O)[O-])cc2)C(=O)N(C2CCCCCC2)C1=O. The lowest BCUT2D eigenvalue weighted by molar-refractivity contribution is -0.384. The van der Waals surface area contributed by atoms with E-state index in [9.17, 15) is 19.7 Å². The number of nitro groups is 1. The maximum atomic E-state index is 13.1. The van der Waals surface area contributed by atoms with E-state index in [0.717, 1.165) is 38.5 Å². The number of nitrogens with zero attached hydrogens (tertiary/aromatic N) is 2. The Morgan fingerprint density at radius 1 is 1.08 bits per heavy atom. The summed E-state index contributed by atoms with van der Waals surface area (Å²) in [6.45, 7) is 1.94. The summed E-state index contributed by atoms with van der Waals surface area (Å²) in [5.74, 6) is 0.220. The van der Waals surface area contributed by atoms with E-state index in [1.807, 2.05) is 6.92 Å². The number of nitro benzene ring substituents is 1. The lowest BCUT2D eigenvalue weighted by Crippen LogP contribution is -2.40. The second kappa shape index (κ2) is 8.03. The van der Waals surface area contributed by atoms with Gasteiger partial charge in [-0.1, -0.05) is 32.6 Å². The number of hydrogen-bond donors (Lipinski definition) is 0. The van der Waals surface area contributed by atoms with Crippen molar-refractivity contribution in [1.29, 1.82) is 0 Å². The van der Waals surface area contributed by atoms with E-state index < -0.39 is 4.92 Å². The first kappa shape index (κ1) is 18.6. The molecule has 6 nitrogen and oxygen atoms in total. The standard InChI is InChI=1S/C19H22N2O4S/c1-2-26-17-16(13-9-11-15(12-10-13)21(24)25)18(22)20(19(17)23)14-7-5-3-4-6-8-14/h9-12,14H,2-8H2,1H3. The summed E-state index contributed by atoms with van der Waals surface area (Å²) < 4.78 is 0. The Balaban J connectivity index is 1.96. The molecule has 26 heavy (non-hydrogen) atoms. The van der Waals surface area contributed by atoms with E-state index >= 15 is 0 Å². The third-order valence-electron chi connectivity index (χ3n) is 4.92. The molecule has 1 aliphatic heterocycles. The number of carbonyl (C=O) groups excluding carboxylic acids is 2. The highest BCUT2D eigenvalue weighted by Gasteiger charge is 2.42. The number of benzene rings is 1. The van der Waals surface area contributed by atoms with Gasteiger partial charge in [-0.2, -0.15) is 0 Å². The lowest BCUT2D eigenvalue weighted by Gasteiger charge is -2.25. The van der Waals surface area contributed by atoms with Crippen LogP contribution in [-0.4, -0.2) is 33.4 Å². The van der Waals surface area contributed by atoms with E-state index in [2.05, 4.69) is 0 Å². The fraction of sp³-hybridized carbons (Fsp3) is 0.474. The Kier molecular flexibility index (Phi) is 5.76. The number of thioether (sulfide) groups is 1. The summed E-state index contributed by atoms with van der Waals surface area (Å²) in [6.07, 6.45) is 6.07. The fourth-order valence-corrected chi connectivity index (χ4v) is 4.52. The monoisotopic (exact) mass is 374 g/mol. The largest absolute Gasteiger partial charge is 0.271 e. The number of carbonyl (C=O) groups is 2. The van der Waals surface area contributed by atoms with Crippen LogP contribution in [0.25, 0.3) is 5.57 Å². The highest BCUT2D eigenvalue weighted by Crippen LogP contribution is 2.39. The molecule has 2 amide bonds. The van der Waals surface area contributed by atoms with E-state index in [1.165, 1.54) is 28.8 Å². The summed E-state index contributed by atoms with van der Waals surface area (Å²) in [6, 6.07) is 5.84. The average Bonchev–Trinajstić information content (AvgIpc) is 2.81. The molecule has 3 rings (SSSR count). The molecule has 0 aromatic heterocycles. The van der Waals surface area contributed by atoms with Crippen molar-refractivity contribution in [1.82, 2.24) is 4.90 Å². The molecule has 138 valence electrons. The smallest absolute Gasteiger partial charge is 0.269 e. The van der Waals surface area contributed by atoms with Crippen LogP contribution in [0.15, 0.2) is 29.2 Å². The maximum absolute atomic E-state index is 13.1. The number of imide groups is 1. The first-order valence-electron chi connectivity index (χ1n) is 9.04. The van der Waals surface area contributed by atoms with Gasteiger partial charge in [-0.15, -0.1) is 11.8 Å². The van der Waals surface area contributed by atoms with Crippen LogP contribution in [-0.2, 0) is 9.59 Å². The summed E-state index contributed by atoms with van der Waals surface area (Å²) in [7, 11) is 0. The Morgan fingerprint density at radius 3 is 2.23 bits per heavy atom. The molecule has 1 aromatic carbocycles. The minimum atomic E-state index is -0.473. The lowest BCUT2D eigenvalue weighted by atomic mass is 10.0. The minimum Gasteiger partial charge on any atom is -0.271 e. The summed E-state index contributed by atoms with van der Waals surface area (Å²) >= 11 is 1.37. The van der Waals surface area contributed by atoms with Crippen LogP contribution < -0.4 is 0 Å². The van der Waals surface area contributed by atoms with Gasteiger partial charge in [0.25, 0.3) is 17.5 Å². The number of amides is 2. The zero-order valence-corrected chi connectivity index (χ0v) is 15.6. The van der Waals surface area contributed by atoms with Crippen LogP contribution >= 0.6 is 11.8 Å². The molecule has 0 N–H and O–H groups in total. The van der Waals surface area contributed by atoms with Crippen molar-refractivity contribution in [2.75, 3.05) is 5.75 Å². The zero-order chi connectivity index (χ0) is 18.7. The van der Waals surface area contributed by atoms with Gasteiger partial charge < -0.3 is 0 Å². The van der Waals surface area contributed by atoms with Crippen LogP contribution in [0.2, 0.25) is 0 Å². The summed E-state index contributed by atoms with van der Waals surface area (Å²) in [5, 5.41) is 10.9. The van der Waals surface area contributed by atoms with Crippen LogP contribution in [0.3, 0.4) is 0 Å². The van der Waals surface area contributed by atoms with E-state index in [0.29, 0.717) is 21.8 Å². The Labute approximate surface area is 156 Å². The van der Waals surface area contributed by atoms with Gasteiger partial charge in [0.15, 0.2) is 0 Å². The molecular formula is C19H22N2O4S. The van der Waals surface area contributed by atoms with E-state index in [1.54, 1.807) is 12.1 Å². The third-order valence-corrected chi connectivity index (χ3v) is 5.87. The van der Waals surface area contributed by atoms with Gasteiger partial charge in [0, 0.05) is 18.2 Å². The van der Waals surface area contributed by atoms with Crippen LogP contribution in [0.1, 0.15) is 51.0 Å². The highest BCUT2D eigenvalue weighted by atomic mass is 32.2. The van der Waals surface area contributed by atoms with Crippen molar-refractivity contribution < 1.29 is 14.5 Å². The first-order valence-corrected chi connectivity index (χ1v) is 10.0. The Morgan fingerprint density at radius 2 is 1.69 bits per heavy atom. The van der Waals surface area contributed by atoms with Crippen molar-refractivity contribution >= 4 is 34.8 Å². The molecule has 0 spiro atoms. The van der Waals surface area contributed by atoms with Gasteiger partial charge in [0.1, 0.15) is 0 Å². The van der Waals surface area contributed by atoms with Crippen molar-refractivity contribution in [2.24, 2.45) is 0 Å². The quantitative estimate of drug-likeness (QED) is 0.335. The van der Waals surface area contributed by atoms with Crippen LogP contribution in [0.4, 0.5) is 5.69 Å². The molecule has 0 bridgehead atoms. The number of non-ortho nitro benzene ring substituents is 1. The average molecular weight is 374 g/mol. The molecule has 0 radical (unpaired) electrons. The maximum Gasteiger partial charge on any atom is 0.269 e. The second-order valence-corrected chi connectivity index (χ2v) is 7.84. The second-order valence-electron chi connectivity index (χ2n) is 6.57. The van der Waals surface area contributed by atoms with Gasteiger partial charge in [-0.05, 0) is 36.3 Å². The predicted octanol–water partition coefficient (Wildman–Crippen LogP) is 4.15. The zero-order valence-electron chi connectivity index (χ0n) is 14.8. The number of hydrogen-bond acceptors (Lipinski definition) is 5. The molecular weight excluding hydrogens is 352 g/mol.